The third kappa shape index (κ3) is 3.06. The highest BCUT2D eigenvalue weighted by Crippen LogP contribution is 2.15. The summed E-state index contributed by atoms with van der Waals surface area (Å²) in [5.41, 5.74) is 2.12. The number of esters is 1. The number of carbonyl (C=O) groups excluding carboxylic acids is 1. The molecule has 1 aromatic carbocycles. The second kappa shape index (κ2) is 5.51. The number of hydrogen-bond acceptors (Lipinski definition) is 3. The van der Waals surface area contributed by atoms with Crippen LogP contribution in [0.15, 0.2) is 24.3 Å². The zero-order valence-corrected chi connectivity index (χ0v) is 9.41. The fourth-order valence-corrected chi connectivity index (χ4v) is 1.42. The molecule has 0 spiro atoms. The number of benzene rings is 1. The molecule has 15 heavy (non-hydrogen) atoms. The Morgan fingerprint density at radius 3 is 2.47 bits per heavy atom. The Hall–Kier alpha value is -1.35. The van der Waals surface area contributed by atoms with Crippen LogP contribution in [0.1, 0.15) is 24.1 Å². The van der Waals surface area contributed by atoms with Crippen LogP contribution in [-0.2, 0) is 9.53 Å². The van der Waals surface area contributed by atoms with Crippen molar-refractivity contribution < 1.29 is 9.53 Å². The van der Waals surface area contributed by atoms with Crippen molar-refractivity contribution in [2.45, 2.75) is 19.9 Å². The quantitative estimate of drug-likeness (QED) is 0.765. The molecule has 3 heteroatoms. The molecule has 0 amide bonds. The van der Waals surface area contributed by atoms with E-state index in [1.165, 1.54) is 12.7 Å². The molecule has 1 rings (SSSR count). The van der Waals surface area contributed by atoms with Gasteiger partial charge in [0, 0.05) is 0 Å². The smallest absolute Gasteiger partial charge is 0.327 e. The zero-order valence-electron chi connectivity index (χ0n) is 9.41. The molecule has 0 bridgehead atoms. The van der Waals surface area contributed by atoms with E-state index >= 15 is 0 Å². The molecule has 3 nitrogen and oxygen atoms in total. The number of aryl methyl sites for hydroxylation is 1. The van der Waals surface area contributed by atoms with Crippen molar-refractivity contribution in [3.05, 3.63) is 35.4 Å². The Morgan fingerprint density at radius 1 is 1.40 bits per heavy atom. The van der Waals surface area contributed by atoms with Crippen molar-refractivity contribution >= 4 is 5.97 Å². The maximum absolute atomic E-state index is 11.5. The average Bonchev–Trinajstić information content (AvgIpc) is 2.26. The molecule has 0 aliphatic carbocycles. The molecule has 0 saturated carbocycles. The van der Waals surface area contributed by atoms with Crippen LogP contribution in [-0.4, -0.2) is 19.6 Å². The van der Waals surface area contributed by atoms with E-state index in [-0.39, 0.29) is 12.0 Å². The van der Waals surface area contributed by atoms with E-state index in [0.29, 0.717) is 0 Å². The maximum Gasteiger partial charge on any atom is 0.327 e. The van der Waals surface area contributed by atoms with Gasteiger partial charge in [0.1, 0.15) is 6.04 Å². The van der Waals surface area contributed by atoms with Crippen molar-refractivity contribution in [2.24, 2.45) is 0 Å². The molecule has 0 aromatic heterocycles. The number of rotatable bonds is 4. The predicted octanol–water partition coefficient (Wildman–Crippen LogP) is 1.82. The molecule has 82 valence electrons. The van der Waals surface area contributed by atoms with E-state index in [0.717, 1.165) is 12.1 Å². The third-order valence-corrected chi connectivity index (χ3v) is 2.26. The molecule has 1 N–H and O–H groups in total. The first-order valence-corrected chi connectivity index (χ1v) is 5.06. The Labute approximate surface area is 90.4 Å². The topological polar surface area (TPSA) is 38.3 Å². The predicted molar refractivity (Wildman–Crippen MR) is 59.6 cm³/mol. The summed E-state index contributed by atoms with van der Waals surface area (Å²) in [4.78, 5) is 11.5. The number of methoxy groups -OCH3 is 1. The van der Waals surface area contributed by atoms with E-state index in [1.807, 2.05) is 38.1 Å². The number of nitrogens with one attached hydrogen (secondary N) is 1. The zero-order chi connectivity index (χ0) is 11.3. The van der Waals surface area contributed by atoms with Gasteiger partial charge in [0.15, 0.2) is 0 Å². The number of hydrogen-bond donors (Lipinski definition) is 1. The van der Waals surface area contributed by atoms with Gasteiger partial charge in [-0.25, -0.2) is 4.79 Å². The van der Waals surface area contributed by atoms with Gasteiger partial charge in [-0.2, -0.15) is 0 Å². The fourth-order valence-electron chi connectivity index (χ4n) is 1.42. The Morgan fingerprint density at radius 2 is 2.00 bits per heavy atom. The van der Waals surface area contributed by atoms with Crippen LogP contribution in [0.25, 0.3) is 0 Å². The van der Waals surface area contributed by atoms with Gasteiger partial charge >= 0.3 is 5.97 Å². The minimum absolute atomic E-state index is 0.249. The van der Waals surface area contributed by atoms with E-state index in [4.69, 9.17) is 4.74 Å². The summed E-state index contributed by atoms with van der Waals surface area (Å²) < 4.78 is 4.75. The van der Waals surface area contributed by atoms with Crippen LogP contribution in [0.3, 0.4) is 0 Å². The first-order chi connectivity index (χ1) is 7.19. The Balaban J connectivity index is 2.88. The van der Waals surface area contributed by atoms with E-state index < -0.39 is 0 Å². The minimum Gasteiger partial charge on any atom is -0.468 e. The van der Waals surface area contributed by atoms with Crippen LogP contribution < -0.4 is 5.32 Å². The van der Waals surface area contributed by atoms with E-state index in [9.17, 15) is 4.79 Å². The van der Waals surface area contributed by atoms with Gasteiger partial charge in [-0.05, 0) is 19.0 Å². The van der Waals surface area contributed by atoms with Crippen molar-refractivity contribution in [1.29, 1.82) is 0 Å². The average molecular weight is 207 g/mol. The molecule has 0 fully saturated rings. The van der Waals surface area contributed by atoms with Crippen molar-refractivity contribution in [3.8, 4) is 0 Å². The first-order valence-electron chi connectivity index (χ1n) is 5.06. The Bertz CT molecular complexity index is 319. The van der Waals surface area contributed by atoms with Gasteiger partial charge in [-0.15, -0.1) is 0 Å². The molecule has 1 aromatic rings. The molecule has 0 aliphatic rings. The summed E-state index contributed by atoms with van der Waals surface area (Å²) in [6.45, 7) is 4.71. The standard InChI is InChI=1S/C12H17NO2/c1-4-13-11(12(14)15-3)10-7-5-9(2)6-8-10/h5-8,11,13H,4H2,1-3H3. The molecule has 1 atom stereocenters. The summed E-state index contributed by atoms with van der Waals surface area (Å²) in [7, 11) is 1.40. The lowest BCUT2D eigenvalue weighted by Gasteiger charge is -2.15. The maximum atomic E-state index is 11.5. The van der Waals surface area contributed by atoms with E-state index in [2.05, 4.69) is 5.32 Å². The summed E-state index contributed by atoms with van der Waals surface area (Å²) in [6, 6.07) is 7.50. The van der Waals surface area contributed by atoms with Crippen molar-refractivity contribution in [3.63, 3.8) is 0 Å². The van der Waals surface area contributed by atoms with Gasteiger partial charge in [0.2, 0.25) is 0 Å². The number of likely N-dealkylation sites (N-methyl/N-ethyl adjacent to an activating group) is 1. The number of carbonyl (C=O) groups is 1. The lowest BCUT2D eigenvalue weighted by Crippen LogP contribution is -2.29. The normalized spacial score (nSPS) is 12.2. The molecule has 0 saturated heterocycles. The van der Waals surface area contributed by atoms with Gasteiger partial charge in [-0.3, -0.25) is 0 Å². The molecule has 1 unspecified atom stereocenters. The summed E-state index contributed by atoms with van der Waals surface area (Å²) in [6.07, 6.45) is 0. The van der Waals surface area contributed by atoms with Gasteiger partial charge in [-0.1, -0.05) is 36.8 Å². The Kier molecular flexibility index (Phi) is 4.31. The first kappa shape index (κ1) is 11.7. The van der Waals surface area contributed by atoms with Gasteiger partial charge in [0.25, 0.3) is 0 Å². The highest BCUT2D eigenvalue weighted by atomic mass is 16.5. The largest absolute Gasteiger partial charge is 0.468 e. The minimum atomic E-state index is -0.361. The summed E-state index contributed by atoms with van der Waals surface area (Å²) in [5, 5.41) is 3.09. The van der Waals surface area contributed by atoms with Crippen molar-refractivity contribution in [1.82, 2.24) is 5.32 Å². The van der Waals surface area contributed by atoms with Crippen LogP contribution in [0.2, 0.25) is 0 Å². The molecule has 0 radical (unpaired) electrons. The van der Waals surface area contributed by atoms with Gasteiger partial charge in [0.05, 0.1) is 7.11 Å². The monoisotopic (exact) mass is 207 g/mol. The van der Waals surface area contributed by atoms with Crippen LogP contribution in [0.5, 0.6) is 0 Å². The second-order valence-corrected chi connectivity index (χ2v) is 3.42. The SMILES string of the molecule is CCNC(C(=O)OC)c1ccc(C)cc1. The third-order valence-electron chi connectivity index (χ3n) is 2.26. The second-order valence-electron chi connectivity index (χ2n) is 3.42. The van der Waals surface area contributed by atoms with Crippen molar-refractivity contribution in [2.75, 3.05) is 13.7 Å². The molecular formula is C12H17NO2. The van der Waals surface area contributed by atoms with Crippen LogP contribution in [0.4, 0.5) is 0 Å². The lowest BCUT2D eigenvalue weighted by atomic mass is 10.1. The van der Waals surface area contributed by atoms with Crippen LogP contribution >= 0.6 is 0 Å². The number of ether oxygens (including phenoxy) is 1. The summed E-state index contributed by atoms with van der Waals surface area (Å²) >= 11 is 0. The highest BCUT2D eigenvalue weighted by molar-refractivity contribution is 5.77. The van der Waals surface area contributed by atoms with E-state index in [1.54, 1.807) is 0 Å². The molecule has 0 heterocycles. The van der Waals surface area contributed by atoms with Gasteiger partial charge < -0.3 is 10.1 Å². The highest BCUT2D eigenvalue weighted by Gasteiger charge is 2.19. The fraction of sp³-hybridized carbons (Fsp3) is 0.417. The summed E-state index contributed by atoms with van der Waals surface area (Å²) in [5.74, 6) is -0.249. The lowest BCUT2D eigenvalue weighted by molar-refractivity contribution is -0.143. The molecular weight excluding hydrogens is 190 g/mol. The molecule has 0 aliphatic heterocycles. The van der Waals surface area contributed by atoms with Crippen LogP contribution in [0, 0.1) is 6.92 Å².